The fraction of sp³-hybridized carbons (Fsp3) is 0. The van der Waals surface area contributed by atoms with Crippen LogP contribution in [0.2, 0.25) is 0 Å². The van der Waals surface area contributed by atoms with E-state index in [0.717, 1.165) is 18.3 Å². The zero-order valence-electron chi connectivity index (χ0n) is 8.95. The first-order valence-electron chi connectivity index (χ1n) is 4.92. The zero-order valence-corrected chi connectivity index (χ0v) is 14.3. The van der Waals surface area contributed by atoms with Crippen molar-refractivity contribution in [1.82, 2.24) is 0 Å². The van der Waals surface area contributed by atoms with Crippen LogP contribution in [0.3, 0.4) is 0 Å². The monoisotopic (exact) mass is 477 g/mol. The summed E-state index contributed by atoms with van der Waals surface area (Å²) >= 11 is 8.83. The minimum absolute atomic E-state index is 0.570. The predicted molar refractivity (Wildman–Crippen MR) is 86.8 cm³/mol. The van der Waals surface area contributed by atoms with Crippen LogP contribution in [0, 0.1) is 15.1 Å². The molecule has 0 aliphatic rings. The molecular weight excluding hydrogens is 473 g/mol. The average molecular weight is 479 g/mol. The second-order valence-corrected chi connectivity index (χ2v) is 6.20. The van der Waals surface area contributed by atoms with E-state index < -0.39 is 0 Å². The lowest BCUT2D eigenvalue weighted by Gasteiger charge is -1.98. The smallest absolute Gasteiger partial charge is 0.178 e. The highest BCUT2D eigenvalue weighted by atomic mass is 127. The van der Waals surface area contributed by atoms with Crippen molar-refractivity contribution in [3.8, 4) is 6.07 Å². The molecule has 1 heterocycles. The number of furan rings is 1. The fourth-order valence-corrected chi connectivity index (χ4v) is 2.37. The normalized spacial score (nSPS) is 11.3. The number of hydrogen-bond donors (Lipinski definition) is 0. The largest absolute Gasteiger partial charge is 0.450 e. The molecule has 5 heteroatoms. The van der Waals surface area contributed by atoms with Gasteiger partial charge in [-0.25, -0.2) is 0 Å². The van der Waals surface area contributed by atoms with Gasteiger partial charge in [0.1, 0.15) is 5.76 Å². The van der Waals surface area contributed by atoms with Gasteiger partial charge >= 0.3 is 0 Å². The maximum atomic E-state index is 9.20. The Bertz CT molecular complexity index is 619. The Balaban J connectivity index is 2.40. The minimum atomic E-state index is 0.570. The van der Waals surface area contributed by atoms with Gasteiger partial charge < -0.3 is 4.42 Å². The lowest BCUT2D eigenvalue weighted by Crippen LogP contribution is -1.80. The third-order valence-electron chi connectivity index (χ3n) is 2.23. The summed E-state index contributed by atoms with van der Waals surface area (Å²) in [5, 5.41) is 9.20. The second kappa shape index (κ2) is 6.04. The third kappa shape index (κ3) is 3.25. The Morgan fingerprint density at radius 1 is 1.28 bits per heavy atom. The summed E-state index contributed by atoms with van der Waals surface area (Å²) in [7, 11) is 0. The first-order chi connectivity index (χ1) is 8.60. The first-order valence-corrected chi connectivity index (χ1v) is 7.59. The highest BCUT2D eigenvalue weighted by Crippen LogP contribution is 2.26. The molecule has 18 heavy (non-hydrogen) atoms. The molecule has 0 bridgehead atoms. The molecule has 0 amide bonds. The lowest BCUT2D eigenvalue weighted by atomic mass is 10.1. The SMILES string of the molecule is N#C/C(=C\c1cc(Br)c(I)o1)c1ccc(Br)cc1. The molecule has 1 aromatic heterocycles. The van der Waals surface area contributed by atoms with Gasteiger partial charge in [-0.05, 0) is 45.8 Å². The van der Waals surface area contributed by atoms with E-state index in [1.165, 1.54) is 0 Å². The Labute approximate surface area is 135 Å². The highest BCUT2D eigenvalue weighted by Gasteiger charge is 2.06. The van der Waals surface area contributed by atoms with Crippen molar-refractivity contribution in [2.75, 3.05) is 0 Å². The van der Waals surface area contributed by atoms with Crippen molar-refractivity contribution in [1.29, 1.82) is 5.26 Å². The molecule has 0 aliphatic carbocycles. The van der Waals surface area contributed by atoms with E-state index in [0.29, 0.717) is 11.3 Å². The quantitative estimate of drug-likeness (QED) is 0.424. The zero-order chi connectivity index (χ0) is 13.1. The van der Waals surface area contributed by atoms with Crippen LogP contribution in [0.5, 0.6) is 0 Å². The van der Waals surface area contributed by atoms with Gasteiger partial charge in [0.15, 0.2) is 3.77 Å². The van der Waals surface area contributed by atoms with Crippen molar-refractivity contribution in [3.63, 3.8) is 0 Å². The van der Waals surface area contributed by atoms with Gasteiger partial charge in [-0.2, -0.15) is 5.26 Å². The number of nitrogens with zero attached hydrogens (tertiary/aromatic N) is 1. The van der Waals surface area contributed by atoms with Crippen molar-refractivity contribution in [2.45, 2.75) is 0 Å². The molecule has 0 unspecified atom stereocenters. The summed E-state index contributed by atoms with van der Waals surface area (Å²) in [5.74, 6) is 0.658. The number of nitriles is 1. The number of benzene rings is 1. The van der Waals surface area contributed by atoms with Crippen molar-refractivity contribution >= 4 is 66.1 Å². The Kier molecular flexibility index (Phi) is 4.65. The van der Waals surface area contributed by atoms with Gasteiger partial charge in [0.25, 0.3) is 0 Å². The van der Waals surface area contributed by atoms with Gasteiger partial charge in [0.05, 0.1) is 16.1 Å². The molecule has 0 N–H and O–H groups in total. The van der Waals surface area contributed by atoms with E-state index in [-0.39, 0.29) is 0 Å². The van der Waals surface area contributed by atoms with Crippen LogP contribution < -0.4 is 0 Å². The van der Waals surface area contributed by atoms with Crippen molar-refractivity contribution in [3.05, 3.63) is 54.4 Å². The molecule has 2 rings (SSSR count). The predicted octanol–water partition coefficient (Wildman–Crippen LogP) is 5.47. The van der Waals surface area contributed by atoms with Crippen LogP contribution in [0.15, 0.2) is 43.7 Å². The van der Waals surface area contributed by atoms with E-state index in [1.807, 2.05) is 30.3 Å². The molecule has 0 radical (unpaired) electrons. The number of hydrogen-bond acceptors (Lipinski definition) is 2. The molecule has 0 saturated heterocycles. The standard InChI is InChI=1S/C13H6Br2INO/c14-10-3-1-8(2-4-10)9(7-17)5-11-6-12(15)13(16)18-11/h1-6H/b9-5+. The first kappa shape index (κ1) is 13.8. The van der Waals surface area contributed by atoms with Crippen LogP contribution in [-0.2, 0) is 0 Å². The Morgan fingerprint density at radius 2 is 1.94 bits per heavy atom. The van der Waals surface area contributed by atoms with Crippen molar-refractivity contribution in [2.24, 2.45) is 0 Å². The van der Waals surface area contributed by atoms with Gasteiger partial charge in [-0.3, -0.25) is 0 Å². The summed E-state index contributed by atoms with van der Waals surface area (Å²) in [6.07, 6.45) is 1.73. The summed E-state index contributed by atoms with van der Waals surface area (Å²) in [4.78, 5) is 0. The van der Waals surface area contributed by atoms with Gasteiger partial charge in [0.2, 0.25) is 0 Å². The summed E-state index contributed by atoms with van der Waals surface area (Å²) < 4.78 is 8.14. The summed E-state index contributed by atoms with van der Waals surface area (Å²) in [6, 6.07) is 11.6. The maximum Gasteiger partial charge on any atom is 0.178 e. The molecule has 90 valence electrons. The Hall–Kier alpha value is -0.580. The molecule has 2 aromatic rings. The summed E-state index contributed by atoms with van der Waals surface area (Å²) in [6.45, 7) is 0. The maximum absolute atomic E-state index is 9.20. The summed E-state index contributed by atoms with van der Waals surface area (Å²) in [5.41, 5.74) is 1.43. The molecule has 0 fully saturated rings. The van der Waals surface area contributed by atoms with E-state index in [2.05, 4.69) is 60.5 Å². The lowest BCUT2D eigenvalue weighted by molar-refractivity contribution is 0.527. The molecule has 0 atom stereocenters. The van der Waals surface area contributed by atoms with Crippen LogP contribution in [0.1, 0.15) is 11.3 Å². The number of rotatable bonds is 2. The van der Waals surface area contributed by atoms with Crippen molar-refractivity contribution < 1.29 is 4.42 Å². The second-order valence-electron chi connectivity index (χ2n) is 3.45. The van der Waals surface area contributed by atoms with E-state index in [4.69, 9.17) is 4.42 Å². The van der Waals surface area contributed by atoms with E-state index >= 15 is 0 Å². The number of allylic oxidation sites excluding steroid dienone is 1. The van der Waals surface area contributed by atoms with E-state index in [9.17, 15) is 5.26 Å². The highest BCUT2D eigenvalue weighted by molar-refractivity contribution is 14.1. The molecule has 0 aliphatic heterocycles. The number of halogens is 3. The topological polar surface area (TPSA) is 36.9 Å². The van der Waals surface area contributed by atoms with Gasteiger partial charge in [-0.1, -0.05) is 28.1 Å². The molecule has 1 aromatic carbocycles. The van der Waals surface area contributed by atoms with Crippen LogP contribution in [0.4, 0.5) is 0 Å². The Morgan fingerprint density at radius 3 is 2.44 bits per heavy atom. The van der Waals surface area contributed by atoms with Crippen LogP contribution >= 0.6 is 54.5 Å². The van der Waals surface area contributed by atoms with Gasteiger partial charge in [0, 0.05) is 27.1 Å². The van der Waals surface area contributed by atoms with E-state index in [1.54, 1.807) is 6.08 Å². The van der Waals surface area contributed by atoms with Crippen LogP contribution in [0.25, 0.3) is 11.6 Å². The fourth-order valence-electron chi connectivity index (χ4n) is 1.39. The molecule has 0 spiro atoms. The third-order valence-corrected chi connectivity index (χ3v) is 4.89. The molecule has 2 nitrogen and oxygen atoms in total. The average Bonchev–Trinajstić information content (AvgIpc) is 2.67. The molecule has 0 saturated carbocycles. The van der Waals surface area contributed by atoms with Crippen LogP contribution in [-0.4, -0.2) is 0 Å². The van der Waals surface area contributed by atoms with Gasteiger partial charge in [-0.15, -0.1) is 0 Å². The molecular formula is C13H6Br2INO. The minimum Gasteiger partial charge on any atom is -0.450 e.